The first-order valence-electron chi connectivity index (χ1n) is 7.94. The van der Waals surface area contributed by atoms with Gasteiger partial charge in [-0.2, -0.15) is 0 Å². The maximum absolute atomic E-state index is 12.3. The quantitative estimate of drug-likeness (QED) is 0.681. The van der Waals surface area contributed by atoms with E-state index >= 15 is 0 Å². The number of aromatic nitrogens is 1. The zero-order chi connectivity index (χ0) is 17.5. The van der Waals surface area contributed by atoms with Gasteiger partial charge in [-0.15, -0.1) is 0 Å². The number of carbonyl (C=O) groups is 2. The molecule has 3 rings (SSSR count). The van der Waals surface area contributed by atoms with E-state index in [9.17, 15) is 9.59 Å². The molecule has 1 amide bonds. The maximum atomic E-state index is 12.3. The molecule has 0 aliphatic carbocycles. The van der Waals surface area contributed by atoms with Crippen LogP contribution in [0.3, 0.4) is 0 Å². The smallest absolute Gasteiger partial charge is 0.355 e. The number of H-pyrrole nitrogens is 1. The number of hydrogen-bond donors (Lipinski definition) is 2. The van der Waals surface area contributed by atoms with E-state index in [1.165, 1.54) is 0 Å². The van der Waals surface area contributed by atoms with Crippen LogP contribution < -0.4 is 5.32 Å². The largest absolute Gasteiger partial charge is 0.451 e. The molecule has 126 valence electrons. The van der Waals surface area contributed by atoms with Crippen LogP contribution in [0.2, 0.25) is 0 Å². The van der Waals surface area contributed by atoms with Crippen molar-refractivity contribution < 1.29 is 14.3 Å². The van der Waals surface area contributed by atoms with Gasteiger partial charge < -0.3 is 15.0 Å². The third kappa shape index (κ3) is 4.35. The molecule has 2 N–H and O–H groups in total. The molecule has 0 radical (unpaired) electrons. The predicted octanol–water partition coefficient (Wildman–Crippen LogP) is 3.08. The number of ether oxygens (including phenoxy) is 1. The Bertz CT molecular complexity index is 775. The second-order valence-electron chi connectivity index (χ2n) is 5.48. The first kappa shape index (κ1) is 16.5. The summed E-state index contributed by atoms with van der Waals surface area (Å²) in [5.41, 5.74) is 2.23. The Kier molecular flexibility index (Phi) is 5.26. The minimum atomic E-state index is -0.559. The number of rotatable bonds is 6. The molecule has 0 aliphatic rings. The van der Waals surface area contributed by atoms with Crippen LogP contribution in [0, 0.1) is 0 Å². The normalized spacial score (nSPS) is 10.4. The number of nitrogens with one attached hydrogen (secondary N) is 2. The van der Waals surface area contributed by atoms with Crippen LogP contribution in [0.25, 0.3) is 0 Å². The lowest BCUT2D eigenvalue weighted by molar-refractivity contribution is -0.124. The van der Waals surface area contributed by atoms with Crippen molar-refractivity contribution in [1.82, 2.24) is 10.3 Å². The van der Waals surface area contributed by atoms with Crippen molar-refractivity contribution in [2.45, 2.75) is 6.04 Å². The van der Waals surface area contributed by atoms with Gasteiger partial charge in [0.05, 0.1) is 6.04 Å². The number of esters is 1. The second kappa shape index (κ2) is 7.97. The molecule has 3 aromatic rings. The fourth-order valence-electron chi connectivity index (χ4n) is 2.52. The molecule has 0 unspecified atom stereocenters. The lowest BCUT2D eigenvalue weighted by Crippen LogP contribution is -2.33. The molecule has 0 spiro atoms. The zero-order valence-corrected chi connectivity index (χ0v) is 13.5. The molecule has 0 fully saturated rings. The van der Waals surface area contributed by atoms with E-state index < -0.39 is 5.97 Å². The number of hydrogen-bond acceptors (Lipinski definition) is 3. The van der Waals surface area contributed by atoms with E-state index in [0.29, 0.717) is 5.69 Å². The minimum absolute atomic E-state index is 0.306. The van der Waals surface area contributed by atoms with Crippen molar-refractivity contribution >= 4 is 11.9 Å². The third-order valence-electron chi connectivity index (χ3n) is 3.72. The average Bonchev–Trinajstić information content (AvgIpc) is 3.20. The van der Waals surface area contributed by atoms with Gasteiger partial charge in [0.25, 0.3) is 5.91 Å². The van der Waals surface area contributed by atoms with Gasteiger partial charge in [0.2, 0.25) is 0 Å². The summed E-state index contributed by atoms with van der Waals surface area (Å²) >= 11 is 0. The molecule has 0 atom stereocenters. The highest BCUT2D eigenvalue weighted by Gasteiger charge is 2.18. The molecule has 25 heavy (non-hydrogen) atoms. The van der Waals surface area contributed by atoms with Gasteiger partial charge in [-0.25, -0.2) is 4.79 Å². The Hall–Kier alpha value is -3.34. The van der Waals surface area contributed by atoms with E-state index in [4.69, 9.17) is 4.74 Å². The summed E-state index contributed by atoms with van der Waals surface area (Å²) in [5, 5.41) is 2.92. The topological polar surface area (TPSA) is 71.2 Å². The van der Waals surface area contributed by atoms with E-state index in [0.717, 1.165) is 11.1 Å². The molecule has 0 saturated heterocycles. The van der Waals surface area contributed by atoms with Crippen LogP contribution in [0.1, 0.15) is 27.7 Å². The molecule has 0 bridgehead atoms. The van der Waals surface area contributed by atoms with Crippen molar-refractivity contribution in [2.75, 3.05) is 6.61 Å². The molecule has 1 heterocycles. The fraction of sp³-hybridized carbons (Fsp3) is 0.100. The summed E-state index contributed by atoms with van der Waals surface area (Å²) in [4.78, 5) is 26.8. The highest BCUT2D eigenvalue weighted by Crippen LogP contribution is 2.21. The fourth-order valence-corrected chi connectivity index (χ4v) is 2.52. The molecule has 2 aromatic carbocycles. The first-order valence-corrected chi connectivity index (χ1v) is 7.94. The number of carbonyl (C=O) groups excluding carboxylic acids is 2. The second-order valence-corrected chi connectivity index (χ2v) is 5.48. The van der Waals surface area contributed by atoms with Crippen molar-refractivity contribution in [3.05, 3.63) is 95.8 Å². The van der Waals surface area contributed by atoms with Crippen LogP contribution in [0.4, 0.5) is 0 Å². The molecule has 1 aromatic heterocycles. The molecule has 5 heteroatoms. The summed E-state index contributed by atoms with van der Waals surface area (Å²) in [6.07, 6.45) is 1.62. The van der Waals surface area contributed by atoms with Crippen LogP contribution in [-0.4, -0.2) is 23.5 Å². The van der Waals surface area contributed by atoms with Gasteiger partial charge >= 0.3 is 5.97 Å². The van der Waals surface area contributed by atoms with Crippen LogP contribution in [0.5, 0.6) is 0 Å². The molecule has 5 nitrogen and oxygen atoms in total. The van der Waals surface area contributed by atoms with Crippen LogP contribution >= 0.6 is 0 Å². The van der Waals surface area contributed by atoms with Gasteiger partial charge in [0, 0.05) is 6.20 Å². The van der Waals surface area contributed by atoms with Gasteiger partial charge in [-0.1, -0.05) is 60.7 Å². The van der Waals surface area contributed by atoms with Crippen molar-refractivity contribution in [1.29, 1.82) is 0 Å². The summed E-state index contributed by atoms with van der Waals surface area (Å²) in [7, 11) is 0. The molecule has 0 saturated carbocycles. The average molecular weight is 334 g/mol. The van der Waals surface area contributed by atoms with Crippen molar-refractivity contribution in [3.63, 3.8) is 0 Å². The third-order valence-corrected chi connectivity index (χ3v) is 3.72. The Morgan fingerprint density at radius 1 is 0.880 bits per heavy atom. The number of benzene rings is 2. The Morgan fingerprint density at radius 3 is 2.00 bits per heavy atom. The van der Waals surface area contributed by atoms with Gasteiger partial charge in [-0.05, 0) is 23.3 Å². The Morgan fingerprint density at radius 2 is 1.48 bits per heavy atom. The standard InChI is InChI=1S/C20H18N2O3/c23-18(14-25-20(24)17-12-7-13-21-17)22-19(15-8-3-1-4-9-15)16-10-5-2-6-11-16/h1-13,19,21H,14H2,(H,22,23). The van der Waals surface area contributed by atoms with Crippen molar-refractivity contribution in [3.8, 4) is 0 Å². The number of amides is 1. The van der Waals surface area contributed by atoms with Crippen LogP contribution in [0.15, 0.2) is 79.0 Å². The van der Waals surface area contributed by atoms with Crippen LogP contribution in [-0.2, 0) is 9.53 Å². The maximum Gasteiger partial charge on any atom is 0.355 e. The highest BCUT2D eigenvalue weighted by atomic mass is 16.5. The molecular formula is C20H18N2O3. The molecule has 0 aliphatic heterocycles. The Labute approximate surface area is 145 Å². The van der Waals surface area contributed by atoms with E-state index in [-0.39, 0.29) is 18.6 Å². The van der Waals surface area contributed by atoms with Gasteiger partial charge in [0.15, 0.2) is 6.61 Å². The van der Waals surface area contributed by atoms with E-state index in [2.05, 4.69) is 10.3 Å². The summed E-state index contributed by atoms with van der Waals surface area (Å²) in [6.45, 7) is -0.339. The minimum Gasteiger partial charge on any atom is -0.451 e. The SMILES string of the molecule is O=C(COC(=O)c1ccc[nH]1)NC(c1ccccc1)c1ccccc1. The van der Waals surface area contributed by atoms with Crippen molar-refractivity contribution in [2.24, 2.45) is 0 Å². The lowest BCUT2D eigenvalue weighted by atomic mass is 9.99. The Balaban J connectivity index is 1.68. The summed E-state index contributed by atoms with van der Waals surface area (Å²) in [6, 6.07) is 22.3. The first-order chi connectivity index (χ1) is 12.2. The monoisotopic (exact) mass is 334 g/mol. The lowest BCUT2D eigenvalue weighted by Gasteiger charge is -2.19. The van der Waals surface area contributed by atoms with Gasteiger partial charge in [0.1, 0.15) is 5.69 Å². The van der Waals surface area contributed by atoms with Gasteiger partial charge in [-0.3, -0.25) is 4.79 Å². The number of aromatic amines is 1. The summed E-state index contributed by atoms with van der Waals surface area (Å²) < 4.78 is 5.04. The predicted molar refractivity (Wildman–Crippen MR) is 93.9 cm³/mol. The van der Waals surface area contributed by atoms with E-state index in [1.54, 1.807) is 18.3 Å². The summed E-state index contributed by atoms with van der Waals surface area (Å²) in [5.74, 6) is -0.922. The van der Waals surface area contributed by atoms with E-state index in [1.807, 2.05) is 60.7 Å². The molecular weight excluding hydrogens is 316 g/mol. The highest BCUT2D eigenvalue weighted by molar-refractivity contribution is 5.89. The zero-order valence-electron chi connectivity index (χ0n) is 13.5.